The second-order valence-electron chi connectivity index (χ2n) is 7.33. The molecule has 2 aromatic heterocycles. The summed E-state index contributed by atoms with van der Waals surface area (Å²) in [5, 5.41) is 14.8. The van der Waals surface area contributed by atoms with Gasteiger partial charge in [0.05, 0.1) is 24.9 Å². The predicted octanol–water partition coefficient (Wildman–Crippen LogP) is 4.11. The number of hydrogen-bond acceptors (Lipinski definition) is 6. The second-order valence-corrected chi connectivity index (χ2v) is 8.28. The quantitative estimate of drug-likeness (QED) is 0.389. The topological polar surface area (TPSA) is 81.9 Å². The van der Waals surface area contributed by atoms with Crippen LogP contribution in [0.4, 0.5) is 0 Å². The van der Waals surface area contributed by atoms with Crippen molar-refractivity contribution in [3.63, 3.8) is 0 Å². The fraction of sp³-hybridized carbons (Fsp3) is 0.250. The van der Waals surface area contributed by atoms with Gasteiger partial charge in [-0.2, -0.15) is 0 Å². The van der Waals surface area contributed by atoms with E-state index < -0.39 is 0 Å². The number of benzene rings is 2. The van der Waals surface area contributed by atoms with Gasteiger partial charge in [-0.3, -0.25) is 14.3 Å². The summed E-state index contributed by atoms with van der Waals surface area (Å²) >= 11 is 1.37. The number of thioether (sulfide) groups is 1. The molecule has 1 unspecified atom stereocenters. The van der Waals surface area contributed by atoms with Crippen LogP contribution < -0.4 is 5.32 Å². The number of methoxy groups -OCH3 is 1. The van der Waals surface area contributed by atoms with Gasteiger partial charge in [0, 0.05) is 25.1 Å². The molecule has 1 atom stereocenters. The van der Waals surface area contributed by atoms with Crippen LogP contribution in [-0.2, 0) is 16.1 Å². The highest BCUT2D eigenvalue weighted by Crippen LogP contribution is 2.26. The van der Waals surface area contributed by atoms with Crippen LogP contribution in [-0.4, -0.2) is 45.1 Å². The van der Waals surface area contributed by atoms with Gasteiger partial charge in [0.2, 0.25) is 5.91 Å². The molecule has 0 spiro atoms. The number of nitrogens with zero attached hydrogens (tertiary/aromatic N) is 4. The molecule has 0 saturated heterocycles. The lowest BCUT2D eigenvalue weighted by Crippen LogP contribution is -2.28. The molecule has 0 radical (unpaired) electrons. The van der Waals surface area contributed by atoms with Crippen molar-refractivity contribution in [3.05, 3.63) is 72.6 Å². The van der Waals surface area contributed by atoms with E-state index in [1.165, 1.54) is 11.8 Å². The van der Waals surface area contributed by atoms with Crippen LogP contribution >= 0.6 is 11.8 Å². The molecular formula is C24H25N5O2S. The Morgan fingerprint density at radius 1 is 1.09 bits per heavy atom. The van der Waals surface area contributed by atoms with Crippen LogP contribution in [0.5, 0.6) is 0 Å². The van der Waals surface area contributed by atoms with E-state index in [1.807, 2.05) is 41.8 Å². The standard InChI is InChI=1S/C24H25N5O2S/c1-17(20-9-5-7-18-6-3-4-8-21(18)20)26-22(30)16-32-24-28-27-23(29(24)14-15-31-2)19-10-12-25-13-11-19/h3-13,17H,14-16H2,1-2H3,(H,26,30). The van der Waals surface area contributed by atoms with Gasteiger partial charge >= 0.3 is 0 Å². The molecule has 0 aliphatic heterocycles. The number of fused-ring (bicyclic) bond motifs is 1. The Hall–Kier alpha value is -3.23. The lowest BCUT2D eigenvalue weighted by atomic mass is 10.00. The van der Waals surface area contributed by atoms with Gasteiger partial charge < -0.3 is 10.1 Å². The average molecular weight is 448 g/mol. The third kappa shape index (κ3) is 4.98. The Morgan fingerprint density at radius 2 is 1.88 bits per heavy atom. The van der Waals surface area contributed by atoms with E-state index in [-0.39, 0.29) is 17.7 Å². The van der Waals surface area contributed by atoms with E-state index >= 15 is 0 Å². The Labute approximate surface area is 191 Å². The maximum Gasteiger partial charge on any atom is 0.230 e. The largest absolute Gasteiger partial charge is 0.383 e. The lowest BCUT2D eigenvalue weighted by molar-refractivity contribution is -0.119. The second kappa shape index (κ2) is 10.4. The monoisotopic (exact) mass is 447 g/mol. The molecule has 0 aliphatic rings. The molecule has 1 amide bonds. The Balaban J connectivity index is 1.45. The summed E-state index contributed by atoms with van der Waals surface area (Å²) in [5.74, 6) is 0.926. The van der Waals surface area contributed by atoms with Crippen molar-refractivity contribution in [2.45, 2.75) is 24.7 Å². The van der Waals surface area contributed by atoms with Crippen molar-refractivity contribution in [3.8, 4) is 11.4 Å². The number of pyridine rings is 1. The maximum atomic E-state index is 12.7. The van der Waals surface area contributed by atoms with Crippen molar-refractivity contribution in [1.29, 1.82) is 0 Å². The molecule has 0 fully saturated rings. The van der Waals surface area contributed by atoms with Gasteiger partial charge in [0.25, 0.3) is 0 Å². The molecule has 0 saturated carbocycles. The van der Waals surface area contributed by atoms with E-state index in [2.05, 4.69) is 44.8 Å². The number of carbonyl (C=O) groups is 1. The van der Waals surface area contributed by atoms with Crippen LogP contribution in [0.2, 0.25) is 0 Å². The van der Waals surface area contributed by atoms with Gasteiger partial charge in [0.1, 0.15) is 0 Å². The zero-order valence-electron chi connectivity index (χ0n) is 18.1. The molecule has 7 nitrogen and oxygen atoms in total. The van der Waals surface area contributed by atoms with E-state index in [4.69, 9.17) is 4.74 Å². The number of amides is 1. The van der Waals surface area contributed by atoms with E-state index in [0.29, 0.717) is 18.3 Å². The zero-order chi connectivity index (χ0) is 22.3. The van der Waals surface area contributed by atoms with Gasteiger partial charge in [0.15, 0.2) is 11.0 Å². The molecule has 4 rings (SSSR count). The number of aromatic nitrogens is 4. The Kier molecular flexibility index (Phi) is 7.14. The Morgan fingerprint density at radius 3 is 2.69 bits per heavy atom. The molecule has 8 heteroatoms. The van der Waals surface area contributed by atoms with Crippen LogP contribution in [0, 0.1) is 0 Å². The van der Waals surface area contributed by atoms with Gasteiger partial charge in [-0.25, -0.2) is 0 Å². The number of carbonyl (C=O) groups excluding carboxylic acids is 1. The third-order valence-electron chi connectivity index (χ3n) is 5.17. The Bertz CT molecular complexity index is 1190. The lowest BCUT2D eigenvalue weighted by Gasteiger charge is -2.16. The van der Waals surface area contributed by atoms with Gasteiger partial charge in [-0.15, -0.1) is 10.2 Å². The SMILES string of the molecule is COCCn1c(SCC(=O)NC(C)c2cccc3ccccc23)nnc1-c1ccncc1. The van der Waals surface area contributed by atoms with E-state index in [0.717, 1.165) is 27.7 Å². The van der Waals surface area contributed by atoms with Gasteiger partial charge in [-0.1, -0.05) is 54.2 Å². The molecular weight excluding hydrogens is 422 g/mol. The zero-order valence-corrected chi connectivity index (χ0v) is 18.9. The first-order chi connectivity index (χ1) is 15.7. The van der Waals surface area contributed by atoms with Crippen molar-refractivity contribution in [1.82, 2.24) is 25.1 Å². The summed E-state index contributed by atoms with van der Waals surface area (Å²) in [7, 11) is 1.66. The maximum absolute atomic E-state index is 12.7. The fourth-order valence-corrected chi connectivity index (χ4v) is 4.39. The highest BCUT2D eigenvalue weighted by Gasteiger charge is 2.17. The highest BCUT2D eigenvalue weighted by atomic mass is 32.2. The van der Waals surface area contributed by atoms with E-state index in [9.17, 15) is 4.79 Å². The van der Waals surface area contributed by atoms with Crippen LogP contribution in [0.25, 0.3) is 22.2 Å². The summed E-state index contributed by atoms with van der Waals surface area (Å²) in [6.45, 7) is 3.12. The van der Waals surface area contributed by atoms with Crippen molar-refractivity contribution in [2.75, 3.05) is 19.5 Å². The number of ether oxygens (including phenoxy) is 1. The van der Waals surface area contributed by atoms with E-state index in [1.54, 1.807) is 19.5 Å². The summed E-state index contributed by atoms with van der Waals surface area (Å²) in [4.78, 5) is 16.8. The minimum absolute atomic E-state index is 0.0535. The fourth-order valence-electron chi connectivity index (χ4n) is 3.61. The predicted molar refractivity (Wildman–Crippen MR) is 126 cm³/mol. The normalized spacial score (nSPS) is 12.1. The van der Waals surface area contributed by atoms with Crippen LogP contribution in [0.1, 0.15) is 18.5 Å². The number of rotatable bonds is 9. The summed E-state index contributed by atoms with van der Waals surface area (Å²) in [5.41, 5.74) is 2.02. The molecule has 164 valence electrons. The van der Waals surface area contributed by atoms with Crippen LogP contribution in [0.3, 0.4) is 0 Å². The van der Waals surface area contributed by atoms with Crippen molar-refractivity contribution >= 4 is 28.4 Å². The summed E-state index contributed by atoms with van der Waals surface area (Å²) < 4.78 is 7.22. The minimum Gasteiger partial charge on any atom is -0.383 e. The minimum atomic E-state index is -0.104. The van der Waals surface area contributed by atoms with Crippen molar-refractivity contribution in [2.24, 2.45) is 0 Å². The first-order valence-electron chi connectivity index (χ1n) is 10.4. The summed E-state index contributed by atoms with van der Waals surface area (Å²) in [6, 6.07) is 18.0. The molecule has 32 heavy (non-hydrogen) atoms. The number of nitrogens with one attached hydrogen (secondary N) is 1. The van der Waals surface area contributed by atoms with Crippen molar-refractivity contribution < 1.29 is 9.53 Å². The van der Waals surface area contributed by atoms with Crippen LogP contribution in [0.15, 0.2) is 72.1 Å². The summed E-state index contributed by atoms with van der Waals surface area (Å²) in [6.07, 6.45) is 3.44. The molecule has 0 bridgehead atoms. The first kappa shape index (κ1) is 22.0. The molecule has 4 aromatic rings. The first-order valence-corrected chi connectivity index (χ1v) is 11.4. The van der Waals surface area contributed by atoms with Gasteiger partial charge in [-0.05, 0) is 35.4 Å². The molecule has 1 N–H and O–H groups in total. The molecule has 0 aliphatic carbocycles. The highest BCUT2D eigenvalue weighted by molar-refractivity contribution is 7.99. The smallest absolute Gasteiger partial charge is 0.230 e. The molecule has 2 heterocycles. The number of hydrogen-bond donors (Lipinski definition) is 1. The third-order valence-corrected chi connectivity index (χ3v) is 6.14. The average Bonchev–Trinajstić information content (AvgIpc) is 3.24. The molecule has 2 aromatic carbocycles.